The smallest absolute Gasteiger partial charge is 0.201 e. The lowest BCUT2D eigenvalue weighted by molar-refractivity contribution is 0.319. The summed E-state index contributed by atoms with van der Waals surface area (Å²) >= 11 is 0. The number of methoxy groups -OCH3 is 1. The van der Waals surface area contributed by atoms with Crippen molar-refractivity contribution in [3.63, 3.8) is 0 Å². The van der Waals surface area contributed by atoms with Gasteiger partial charge in [0.15, 0.2) is 11.6 Å². The Kier molecular flexibility index (Phi) is 6.22. The molecule has 0 aliphatic heterocycles. The molecule has 2 aliphatic rings. The number of unbranched alkanes of at least 4 members (excludes halogenated alkanes) is 2. The molecule has 0 saturated heterocycles. The Hall–Kier alpha value is -1.90. The van der Waals surface area contributed by atoms with Crippen LogP contribution in [0.1, 0.15) is 69.8 Å². The number of hydrogen-bond acceptors (Lipinski definition) is 1. The minimum absolute atomic E-state index is 0.0606. The minimum Gasteiger partial charge on any atom is -0.494 e. The Morgan fingerprint density at radius 1 is 0.862 bits per heavy atom. The number of ether oxygens (including phenoxy) is 1. The largest absolute Gasteiger partial charge is 0.494 e. The molecule has 4 rings (SSSR count). The number of halogens is 2. The van der Waals surface area contributed by atoms with Gasteiger partial charge in [-0.15, -0.1) is 0 Å². The van der Waals surface area contributed by atoms with Crippen molar-refractivity contribution >= 4 is 0 Å². The van der Waals surface area contributed by atoms with Gasteiger partial charge < -0.3 is 4.74 Å². The molecule has 2 fully saturated rings. The standard InChI is InChI=1S/C26H32F2O/c1-3-4-5-6-17-11-12-23-20(17)13-14-21(23)18-7-9-19(10-8-18)22-15-16-24(29-2)26(28)25(22)27/h7-10,15-17,20-21,23H,3-6,11-14H2,1-2H3. The van der Waals surface area contributed by atoms with Crippen LogP contribution >= 0.6 is 0 Å². The van der Waals surface area contributed by atoms with Crippen molar-refractivity contribution in [2.75, 3.05) is 7.11 Å². The highest BCUT2D eigenvalue weighted by Crippen LogP contribution is 2.55. The van der Waals surface area contributed by atoms with Crippen molar-refractivity contribution in [1.82, 2.24) is 0 Å². The van der Waals surface area contributed by atoms with Crippen LogP contribution < -0.4 is 4.74 Å². The molecule has 3 heteroatoms. The van der Waals surface area contributed by atoms with E-state index in [1.54, 1.807) is 6.07 Å². The van der Waals surface area contributed by atoms with E-state index in [1.165, 1.54) is 70.1 Å². The lowest BCUT2D eigenvalue weighted by atomic mass is 9.83. The summed E-state index contributed by atoms with van der Waals surface area (Å²) in [6.07, 6.45) is 10.8. The van der Waals surface area contributed by atoms with Crippen molar-refractivity contribution in [2.45, 2.75) is 64.2 Å². The molecule has 0 N–H and O–H groups in total. The van der Waals surface area contributed by atoms with E-state index in [-0.39, 0.29) is 11.3 Å². The van der Waals surface area contributed by atoms with E-state index in [9.17, 15) is 8.78 Å². The molecule has 2 aliphatic carbocycles. The molecule has 2 aromatic carbocycles. The molecule has 0 heterocycles. The molecule has 29 heavy (non-hydrogen) atoms. The second-order valence-corrected chi connectivity index (χ2v) is 8.91. The van der Waals surface area contributed by atoms with Gasteiger partial charge in [0, 0.05) is 5.56 Å². The quantitative estimate of drug-likeness (QED) is 0.433. The van der Waals surface area contributed by atoms with Crippen molar-refractivity contribution in [3.05, 3.63) is 53.6 Å². The van der Waals surface area contributed by atoms with Crippen molar-refractivity contribution in [1.29, 1.82) is 0 Å². The summed E-state index contributed by atoms with van der Waals surface area (Å²) in [5.41, 5.74) is 2.37. The zero-order valence-corrected chi connectivity index (χ0v) is 17.6. The van der Waals surface area contributed by atoms with Gasteiger partial charge in [0.2, 0.25) is 5.82 Å². The highest BCUT2D eigenvalue weighted by molar-refractivity contribution is 5.65. The van der Waals surface area contributed by atoms with Crippen molar-refractivity contribution in [2.24, 2.45) is 17.8 Å². The third-order valence-corrected chi connectivity index (χ3v) is 7.45. The molecule has 156 valence electrons. The Morgan fingerprint density at radius 3 is 2.34 bits per heavy atom. The molecule has 4 atom stereocenters. The number of fused-ring (bicyclic) bond motifs is 1. The summed E-state index contributed by atoms with van der Waals surface area (Å²) in [6.45, 7) is 2.28. The molecule has 0 aromatic heterocycles. The van der Waals surface area contributed by atoms with E-state index in [2.05, 4.69) is 19.1 Å². The Labute approximate surface area is 173 Å². The van der Waals surface area contributed by atoms with E-state index < -0.39 is 11.6 Å². The van der Waals surface area contributed by atoms with Gasteiger partial charge in [0.1, 0.15) is 0 Å². The molecule has 2 aromatic rings. The molecular formula is C26H32F2O. The SMILES string of the molecule is CCCCCC1CCC2C(c3ccc(-c4ccc(OC)c(F)c4F)cc3)CCC12. The topological polar surface area (TPSA) is 9.23 Å². The summed E-state index contributed by atoms with van der Waals surface area (Å²) in [5.74, 6) is 1.42. The van der Waals surface area contributed by atoms with Crippen LogP contribution in [0.25, 0.3) is 11.1 Å². The summed E-state index contributed by atoms with van der Waals surface area (Å²) in [5, 5.41) is 0. The second-order valence-electron chi connectivity index (χ2n) is 8.91. The summed E-state index contributed by atoms with van der Waals surface area (Å²) < 4.78 is 33.4. The van der Waals surface area contributed by atoms with Crippen LogP contribution in [0.4, 0.5) is 8.78 Å². The molecule has 1 nitrogen and oxygen atoms in total. The maximum absolute atomic E-state index is 14.4. The predicted octanol–water partition coefficient (Wildman–Crippen LogP) is 7.74. The fraction of sp³-hybridized carbons (Fsp3) is 0.538. The first kappa shape index (κ1) is 20.4. The maximum atomic E-state index is 14.4. The fourth-order valence-electron chi connectivity index (χ4n) is 5.97. The first-order valence-electron chi connectivity index (χ1n) is 11.3. The van der Waals surface area contributed by atoms with E-state index >= 15 is 0 Å². The van der Waals surface area contributed by atoms with Crippen molar-refractivity contribution in [3.8, 4) is 16.9 Å². The Balaban J connectivity index is 1.47. The molecule has 2 saturated carbocycles. The zero-order chi connectivity index (χ0) is 20.4. The predicted molar refractivity (Wildman–Crippen MR) is 114 cm³/mol. The number of hydrogen-bond donors (Lipinski definition) is 0. The normalized spacial score (nSPS) is 25.9. The molecular weight excluding hydrogens is 366 g/mol. The molecule has 4 unspecified atom stereocenters. The van der Waals surface area contributed by atoms with E-state index in [0.717, 1.165) is 17.8 Å². The third kappa shape index (κ3) is 3.93. The molecule has 0 radical (unpaired) electrons. The number of benzene rings is 2. The molecule has 0 bridgehead atoms. The van der Waals surface area contributed by atoms with Gasteiger partial charge in [-0.2, -0.15) is 4.39 Å². The highest BCUT2D eigenvalue weighted by Gasteiger charge is 2.44. The summed E-state index contributed by atoms with van der Waals surface area (Å²) in [7, 11) is 1.35. The van der Waals surface area contributed by atoms with Gasteiger partial charge in [-0.25, -0.2) is 4.39 Å². The lowest BCUT2D eigenvalue weighted by Crippen LogP contribution is -2.12. The maximum Gasteiger partial charge on any atom is 0.201 e. The van der Waals surface area contributed by atoms with Crippen LogP contribution in [-0.2, 0) is 0 Å². The average Bonchev–Trinajstić information content (AvgIpc) is 3.33. The summed E-state index contributed by atoms with van der Waals surface area (Å²) in [4.78, 5) is 0. The summed E-state index contributed by atoms with van der Waals surface area (Å²) in [6, 6.07) is 11.2. The zero-order valence-electron chi connectivity index (χ0n) is 17.6. The third-order valence-electron chi connectivity index (χ3n) is 7.45. The van der Waals surface area contributed by atoms with Crippen LogP contribution in [0.2, 0.25) is 0 Å². The van der Waals surface area contributed by atoms with Crippen LogP contribution in [0.5, 0.6) is 5.75 Å². The van der Waals surface area contributed by atoms with E-state index in [4.69, 9.17) is 4.74 Å². The van der Waals surface area contributed by atoms with E-state index in [0.29, 0.717) is 11.5 Å². The van der Waals surface area contributed by atoms with Gasteiger partial charge in [-0.3, -0.25) is 0 Å². The van der Waals surface area contributed by atoms with Crippen LogP contribution in [-0.4, -0.2) is 7.11 Å². The minimum atomic E-state index is -0.923. The van der Waals surface area contributed by atoms with Gasteiger partial charge in [0.05, 0.1) is 7.11 Å². The van der Waals surface area contributed by atoms with Crippen molar-refractivity contribution < 1.29 is 13.5 Å². The van der Waals surface area contributed by atoms with Gasteiger partial charge in [-0.05, 0) is 72.6 Å². The second kappa shape index (κ2) is 8.85. The van der Waals surface area contributed by atoms with E-state index in [1.807, 2.05) is 12.1 Å². The highest BCUT2D eigenvalue weighted by atomic mass is 19.2. The Bertz CT molecular complexity index is 829. The number of rotatable bonds is 7. The van der Waals surface area contributed by atoms with Gasteiger partial charge in [0.25, 0.3) is 0 Å². The van der Waals surface area contributed by atoms with Crippen LogP contribution in [0.15, 0.2) is 36.4 Å². The monoisotopic (exact) mass is 398 g/mol. The van der Waals surface area contributed by atoms with Crippen LogP contribution in [0, 0.1) is 29.4 Å². The van der Waals surface area contributed by atoms with Gasteiger partial charge in [-0.1, -0.05) is 56.9 Å². The first-order valence-corrected chi connectivity index (χ1v) is 11.3. The fourth-order valence-corrected chi connectivity index (χ4v) is 5.97. The molecule has 0 spiro atoms. The average molecular weight is 399 g/mol. The van der Waals surface area contributed by atoms with Crippen LogP contribution in [0.3, 0.4) is 0 Å². The molecule has 0 amide bonds. The lowest BCUT2D eigenvalue weighted by Gasteiger charge is -2.21. The van der Waals surface area contributed by atoms with Gasteiger partial charge >= 0.3 is 0 Å². The first-order chi connectivity index (χ1) is 14.1. The Morgan fingerprint density at radius 2 is 1.62 bits per heavy atom.